The Morgan fingerprint density at radius 3 is 2.76 bits per heavy atom. The Morgan fingerprint density at radius 1 is 1.35 bits per heavy atom. The van der Waals surface area contributed by atoms with Gasteiger partial charge >= 0.3 is 0 Å². The van der Waals surface area contributed by atoms with Crippen LogP contribution in [0.25, 0.3) is 0 Å². The van der Waals surface area contributed by atoms with Crippen molar-refractivity contribution in [1.29, 1.82) is 0 Å². The van der Waals surface area contributed by atoms with Crippen LogP contribution >= 0.6 is 0 Å². The Morgan fingerprint density at radius 2 is 2.12 bits per heavy atom. The highest BCUT2D eigenvalue weighted by molar-refractivity contribution is 5.86. The van der Waals surface area contributed by atoms with Crippen LogP contribution in [0.4, 0.5) is 0 Å². The van der Waals surface area contributed by atoms with E-state index in [0.29, 0.717) is 6.61 Å². The first-order valence-electron chi connectivity index (χ1n) is 6.86. The first-order chi connectivity index (χ1) is 8.24. The molecule has 1 aliphatic carbocycles. The quantitative estimate of drug-likeness (QED) is 0.744. The van der Waals surface area contributed by atoms with Crippen molar-refractivity contribution in [2.45, 2.75) is 63.4 Å². The lowest BCUT2D eigenvalue weighted by molar-refractivity contribution is -0.194. The minimum atomic E-state index is -0.318. The summed E-state index contributed by atoms with van der Waals surface area (Å²) in [7, 11) is 0. The van der Waals surface area contributed by atoms with Gasteiger partial charge in [0.05, 0.1) is 18.6 Å². The standard InChI is InChI=1S/C13H21NO3/c1-2-9-11(14-12(9)15)10-8-16-13(17-10)6-4-3-5-7-13/h9-11H,2-8H2,1H3,(H,14,15). The zero-order valence-corrected chi connectivity index (χ0v) is 10.4. The summed E-state index contributed by atoms with van der Waals surface area (Å²) in [5.74, 6) is -0.0188. The van der Waals surface area contributed by atoms with Crippen LogP contribution in [-0.2, 0) is 14.3 Å². The van der Waals surface area contributed by atoms with Crippen LogP contribution in [0, 0.1) is 5.92 Å². The first kappa shape index (κ1) is 11.5. The smallest absolute Gasteiger partial charge is 0.225 e. The van der Waals surface area contributed by atoms with Crippen LogP contribution in [0.1, 0.15) is 45.4 Å². The van der Waals surface area contributed by atoms with Crippen LogP contribution in [0.15, 0.2) is 0 Å². The number of hydrogen-bond donors (Lipinski definition) is 1. The number of amides is 1. The van der Waals surface area contributed by atoms with Crippen molar-refractivity contribution in [2.24, 2.45) is 5.92 Å². The normalized spacial score (nSPS) is 40.1. The number of ether oxygens (including phenoxy) is 2. The maximum absolute atomic E-state index is 11.4. The van der Waals surface area contributed by atoms with Crippen LogP contribution < -0.4 is 5.32 Å². The number of hydrogen-bond acceptors (Lipinski definition) is 3. The minimum absolute atomic E-state index is 0.0655. The Balaban J connectivity index is 1.62. The van der Waals surface area contributed by atoms with Crippen LogP contribution in [-0.4, -0.2) is 30.4 Å². The molecule has 0 aromatic heterocycles. The van der Waals surface area contributed by atoms with Gasteiger partial charge in [0.25, 0.3) is 0 Å². The lowest BCUT2D eigenvalue weighted by Crippen LogP contribution is -2.63. The van der Waals surface area contributed by atoms with E-state index in [1.165, 1.54) is 19.3 Å². The zero-order valence-electron chi connectivity index (χ0n) is 10.4. The molecule has 1 spiro atoms. The number of carbonyl (C=O) groups excluding carboxylic acids is 1. The molecule has 3 unspecified atom stereocenters. The molecule has 0 aromatic carbocycles. The van der Waals surface area contributed by atoms with E-state index >= 15 is 0 Å². The molecule has 2 aliphatic heterocycles. The van der Waals surface area contributed by atoms with Crippen molar-refractivity contribution >= 4 is 5.91 Å². The molecule has 1 N–H and O–H groups in total. The van der Waals surface area contributed by atoms with E-state index in [1.807, 2.05) is 0 Å². The fourth-order valence-electron chi connectivity index (χ4n) is 3.34. The van der Waals surface area contributed by atoms with Gasteiger partial charge in [-0.2, -0.15) is 0 Å². The van der Waals surface area contributed by atoms with Crippen LogP contribution in [0.5, 0.6) is 0 Å². The highest BCUT2D eigenvalue weighted by Gasteiger charge is 2.51. The predicted molar refractivity (Wildman–Crippen MR) is 62.4 cm³/mol. The van der Waals surface area contributed by atoms with Crippen molar-refractivity contribution in [3.63, 3.8) is 0 Å². The summed E-state index contributed by atoms with van der Waals surface area (Å²) >= 11 is 0. The van der Waals surface area contributed by atoms with Gasteiger partial charge < -0.3 is 14.8 Å². The van der Waals surface area contributed by atoms with Gasteiger partial charge in [-0.1, -0.05) is 13.3 Å². The van der Waals surface area contributed by atoms with E-state index in [2.05, 4.69) is 12.2 Å². The molecule has 3 aliphatic rings. The maximum Gasteiger partial charge on any atom is 0.225 e. The summed E-state index contributed by atoms with van der Waals surface area (Å²) in [6, 6.07) is 0.175. The van der Waals surface area contributed by atoms with Gasteiger partial charge in [-0.15, -0.1) is 0 Å². The van der Waals surface area contributed by atoms with E-state index in [4.69, 9.17) is 9.47 Å². The van der Waals surface area contributed by atoms with Crippen molar-refractivity contribution in [3.8, 4) is 0 Å². The highest BCUT2D eigenvalue weighted by Crippen LogP contribution is 2.40. The maximum atomic E-state index is 11.4. The van der Waals surface area contributed by atoms with Crippen molar-refractivity contribution in [3.05, 3.63) is 0 Å². The fourth-order valence-corrected chi connectivity index (χ4v) is 3.34. The molecule has 4 heteroatoms. The number of β-lactam (4-membered cyclic amide) rings is 1. The lowest BCUT2D eigenvalue weighted by Gasteiger charge is -2.40. The molecule has 2 heterocycles. The summed E-state index contributed by atoms with van der Waals surface area (Å²) in [4.78, 5) is 11.4. The van der Waals surface area contributed by atoms with Gasteiger partial charge in [-0.05, 0) is 19.3 Å². The van der Waals surface area contributed by atoms with Gasteiger partial charge in [-0.25, -0.2) is 0 Å². The molecule has 0 radical (unpaired) electrons. The summed E-state index contributed by atoms with van der Waals surface area (Å²) in [6.07, 6.45) is 6.67. The molecule has 0 aromatic rings. The Hall–Kier alpha value is -0.610. The average Bonchev–Trinajstić information content (AvgIpc) is 2.71. The average molecular weight is 239 g/mol. The molecule has 0 bridgehead atoms. The molecule has 1 saturated carbocycles. The number of nitrogens with one attached hydrogen (secondary N) is 1. The summed E-state index contributed by atoms with van der Waals surface area (Å²) in [6.45, 7) is 2.70. The van der Waals surface area contributed by atoms with Gasteiger partial charge in [0.2, 0.25) is 5.91 Å². The van der Waals surface area contributed by atoms with Gasteiger partial charge in [-0.3, -0.25) is 4.79 Å². The van der Waals surface area contributed by atoms with E-state index in [1.54, 1.807) is 0 Å². The zero-order chi connectivity index (χ0) is 11.9. The fraction of sp³-hybridized carbons (Fsp3) is 0.923. The largest absolute Gasteiger partial charge is 0.350 e. The van der Waals surface area contributed by atoms with Crippen molar-refractivity contribution < 1.29 is 14.3 Å². The monoisotopic (exact) mass is 239 g/mol. The van der Waals surface area contributed by atoms with E-state index < -0.39 is 0 Å². The Bertz CT molecular complexity index is 312. The van der Waals surface area contributed by atoms with E-state index in [-0.39, 0.29) is 29.8 Å². The Kier molecular flexibility index (Phi) is 2.87. The predicted octanol–water partition coefficient (Wildman–Crippen LogP) is 1.59. The molecule has 3 fully saturated rings. The molecular weight excluding hydrogens is 218 g/mol. The van der Waals surface area contributed by atoms with Crippen LogP contribution in [0.3, 0.4) is 0 Å². The highest BCUT2D eigenvalue weighted by atomic mass is 16.7. The Labute approximate surface area is 102 Å². The van der Waals surface area contributed by atoms with Crippen molar-refractivity contribution in [1.82, 2.24) is 5.32 Å². The van der Waals surface area contributed by atoms with E-state index in [9.17, 15) is 4.79 Å². The SMILES string of the molecule is CCC1C(=O)NC1C1COC2(CCCCC2)O1. The minimum Gasteiger partial charge on any atom is -0.350 e. The molecular formula is C13H21NO3. The van der Waals surface area contributed by atoms with Gasteiger partial charge in [0.1, 0.15) is 6.10 Å². The summed E-state index contributed by atoms with van der Waals surface area (Å²) in [5, 5.41) is 2.96. The van der Waals surface area contributed by atoms with Gasteiger partial charge in [0, 0.05) is 12.8 Å². The molecule has 4 nitrogen and oxygen atoms in total. The third kappa shape index (κ3) is 1.87. The molecule has 96 valence electrons. The number of carbonyl (C=O) groups is 1. The summed E-state index contributed by atoms with van der Waals surface area (Å²) < 4.78 is 12.0. The second-order valence-electron chi connectivity index (χ2n) is 5.49. The topological polar surface area (TPSA) is 47.6 Å². The van der Waals surface area contributed by atoms with Crippen molar-refractivity contribution in [2.75, 3.05) is 6.61 Å². The van der Waals surface area contributed by atoms with Crippen LogP contribution in [0.2, 0.25) is 0 Å². The molecule has 17 heavy (non-hydrogen) atoms. The second-order valence-corrected chi connectivity index (χ2v) is 5.49. The molecule has 3 atom stereocenters. The van der Waals surface area contributed by atoms with E-state index in [0.717, 1.165) is 19.3 Å². The first-order valence-corrected chi connectivity index (χ1v) is 6.86. The van der Waals surface area contributed by atoms with Gasteiger partial charge in [0.15, 0.2) is 5.79 Å². The lowest BCUT2D eigenvalue weighted by atomic mass is 9.84. The summed E-state index contributed by atoms with van der Waals surface area (Å²) in [5.41, 5.74) is 0. The third-order valence-electron chi connectivity index (χ3n) is 4.41. The third-order valence-corrected chi connectivity index (χ3v) is 4.41. The molecule has 2 saturated heterocycles. The molecule has 3 rings (SSSR count). The molecule has 1 amide bonds. The number of rotatable bonds is 2. The second kappa shape index (κ2) is 4.25.